The Bertz CT molecular complexity index is 1880. The van der Waals surface area contributed by atoms with Gasteiger partial charge in [0.25, 0.3) is 11.8 Å². The number of hydrogen-bond acceptors (Lipinski definition) is 9. The Morgan fingerprint density at radius 1 is 0.896 bits per heavy atom. The molecule has 242 valence electrons. The summed E-state index contributed by atoms with van der Waals surface area (Å²) in [6.07, 6.45) is 4.79. The third kappa shape index (κ3) is 9.71. The van der Waals surface area contributed by atoms with Gasteiger partial charge in [0, 0.05) is 33.9 Å². The molecule has 0 aliphatic carbocycles. The van der Waals surface area contributed by atoms with Crippen molar-refractivity contribution in [2.45, 2.75) is 23.5 Å². The van der Waals surface area contributed by atoms with Crippen molar-refractivity contribution in [2.75, 3.05) is 17.2 Å². The molecule has 1 atom stereocenters. The van der Waals surface area contributed by atoms with Crippen LogP contribution in [0, 0.1) is 0 Å². The summed E-state index contributed by atoms with van der Waals surface area (Å²) in [6.45, 7) is 2.02. The smallest absolute Gasteiger partial charge is 0.311 e. The minimum Gasteiger partial charge on any atom is -0.466 e. The average Bonchev–Trinajstić information content (AvgIpc) is 3.54. The first-order valence-corrected chi connectivity index (χ1v) is 16.7. The zero-order valence-electron chi connectivity index (χ0n) is 25.8. The predicted octanol–water partition coefficient (Wildman–Crippen LogP) is 6.53. The van der Waals surface area contributed by atoms with Gasteiger partial charge in [-0.3, -0.25) is 24.2 Å². The molecule has 5 aromatic rings. The number of thiazole rings is 1. The van der Waals surface area contributed by atoms with Crippen LogP contribution >= 0.6 is 23.1 Å². The molecule has 2 heterocycles. The van der Waals surface area contributed by atoms with E-state index in [0.717, 1.165) is 10.5 Å². The lowest BCUT2D eigenvalue weighted by molar-refractivity contribution is -0.142. The molecule has 3 amide bonds. The third-order valence-electron chi connectivity index (χ3n) is 6.64. The van der Waals surface area contributed by atoms with Crippen LogP contribution in [0.15, 0.2) is 125 Å². The number of thioether (sulfide) groups is 1. The number of anilines is 2. The van der Waals surface area contributed by atoms with Crippen molar-refractivity contribution in [3.05, 3.63) is 143 Å². The monoisotopic (exact) mass is 677 g/mol. The molecule has 0 bridgehead atoms. The second-order valence-electron chi connectivity index (χ2n) is 10.2. The number of hydrogen-bond donors (Lipinski definition) is 3. The lowest BCUT2D eigenvalue weighted by Crippen LogP contribution is -2.30. The van der Waals surface area contributed by atoms with Gasteiger partial charge in [-0.05, 0) is 66.6 Å². The molecule has 0 spiro atoms. The fourth-order valence-electron chi connectivity index (χ4n) is 4.40. The number of rotatable bonds is 13. The SMILES string of the molecule is CCOC(=O)Cc1csc(NC(=O)C(Sc2ccc(NC(=O)/C(=C/c3cccnc3)NC(=O)c3ccccc3)cc2)c2ccccc2)n1. The first kappa shape index (κ1) is 33.8. The van der Waals surface area contributed by atoms with E-state index in [-0.39, 0.29) is 30.6 Å². The van der Waals surface area contributed by atoms with Crippen LogP contribution in [0.25, 0.3) is 6.08 Å². The Morgan fingerprint density at radius 2 is 1.62 bits per heavy atom. The number of nitrogens with one attached hydrogen (secondary N) is 3. The third-order valence-corrected chi connectivity index (χ3v) is 8.72. The van der Waals surface area contributed by atoms with E-state index in [4.69, 9.17) is 4.74 Å². The summed E-state index contributed by atoms with van der Waals surface area (Å²) in [5.41, 5.74) is 2.90. The van der Waals surface area contributed by atoms with Crippen LogP contribution in [0.3, 0.4) is 0 Å². The first-order chi connectivity index (χ1) is 23.4. The lowest BCUT2D eigenvalue weighted by Gasteiger charge is -2.17. The second-order valence-corrected chi connectivity index (χ2v) is 12.2. The van der Waals surface area contributed by atoms with Gasteiger partial charge in [-0.15, -0.1) is 23.1 Å². The number of carbonyl (C=O) groups is 4. The minimum atomic E-state index is -0.619. The van der Waals surface area contributed by atoms with Gasteiger partial charge in [0.1, 0.15) is 10.9 Å². The molecular formula is C36H31N5O5S2. The molecule has 2 aromatic heterocycles. The highest BCUT2D eigenvalue weighted by molar-refractivity contribution is 8.00. The zero-order valence-corrected chi connectivity index (χ0v) is 27.4. The second kappa shape index (κ2) is 16.8. The van der Waals surface area contributed by atoms with Crippen molar-refractivity contribution >= 4 is 63.7 Å². The van der Waals surface area contributed by atoms with Gasteiger partial charge in [0.2, 0.25) is 5.91 Å². The van der Waals surface area contributed by atoms with Crippen LogP contribution in [0.4, 0.5) is 10.8 Å². The summed E-state index contributed by atoms with van der Waals surface area (Å²) in [5, 5.41) is 9.91. The maximum absolute atomic E-state index is 13.5. The summed E-state index contributed by atoms with van der Waals surface area (Å²) in [6, 6.07) is 28.5. The van der Waals surface area contributed by atoms with Crippen LogP contribution in [0.2, 0.25) is 0 Å². The number of pyridine rings is 1. The van der Waals surface area contributed by atoms with Gasteiger partial charge in [-0.25, -0.2) is 4.98 Å². The predicted molar refractivity (Wildman–Crippen MR) is 187 cm³/mol. The van der Waals surface area contributed by atoms with Crippen LogP contribution < -0.4 is 16.0 Å². The zero-order chi connectivity index (χ0) is 33.7. The van der Waals surface area contributed by atoms with E-state index in [1.165, 1.54) is 23.1 Å². The number of carbonyl (C=O) groups excluding carboxylic acids is 4. The van der Waals surface area contributed by atoms with E-state index in [2.05, 4.69) is 25.9 Å². The van der Waals surface area contributed by atoms with Crippen LogP contribution in [0.1, 0.15) is 39.4 Å². The van der Waals surface area contributed by atoms with E-state index >= 15 is 0 Å². The molecule has 3 N–H and O–H groups in total. The lowest BCUT2D eigenvalue weighted by atomic mass is 10.1. The molecule has 5 rings (SSSR count). The van der Waals surface area contributed by atoms with Crippen molar-refractivity contribution in [3.8, 4) is 0 Å². The van der Waals surface area contributed by atoms with Crippen LogP contribution in [0.5, 0.6) is 0 Å². The van der Waals surface area contributed by atoms with E-state index in [1.807, 2.05) is 30.3 Å². The maximum atomic E-state index is 13.5. The van der Waals surface area contributed by atoms with Gasteiger partial charge in [-0.2, -0.15) is 0 Å². The van der Waals surface area contributed by atoms with Gasteiger partial charge < -0.3 is 20.7 Å². The fourth-order valence-corrected chi connectivity index (χ4v) is 6.14. The van der Waals surface area contributed by atoms with Gasteiger partial charge in [-0.1, -0.05) is 54.6 Å². The molecule has 0 saturated heterocycles. The molecule has 0 fully saturated rings. The number of amides is 3. The van der Waals surface area contributed by atoms with Gasteiger partial charge in [0.15, 0.2) is 5.13 Å². The van der Waals surface area contributed by atoms with Gasteiger partial charge in [0.05, 0.1) is 18.7 Å². The van der Waals surface area contributed by atoms with E-state index in [1.54, 1.807) is 97.5 Å². The van der Waals surface area contributed by atoms with E-state index < -0.39 is 17.1 Å². The molecule has 1 unspecified atom stereocenters. The van der Waals surface area contributed by atoms with Crippen molar-refractivity contribution in [1.82, 2.24) is 15.3 Å². The minimum absolute atomic E-state index is 0.0279. The molecule has 48 heavy (non-hydrogen) atoms. The summed E-state index contributed by atoms with van der Waals surface area (Å²) in [7, 11) is 0. The highest BCUT2D eigenvalue weighted by atomic mass is 32.2. The van der Waals surface area contributed by atoms with Crippen LogP contribution in [-0.4, -0.2) is 40.3 Å². The van der Waals surface area contributed by atoms with Crippen molar-refractivity contribution in [3.63, 3.8) is 0 Å². The Labute approximate surface area is 285 Å². The number of esters is 1. The fraction of sp³-hybridized carbons (Fsp3) is 0.111. The van der Waals surface area contributed by atoms with Gasteiger partial charge >= 0.3 is 5.97 Å². The normalized spacial score (nSPS) is 11.6. The quantitative estimate of drug-likeness (QED) is 0.0727. The Balaban J connectivity index is 1.28. The summed E-state index contributed by atoms with van der Waals surface area (Å²) in [4.78, 5) is 60.9. The molecule has 0 aliphatic rings. The molecular weight excluding hydrogens is 647 g/mol. The highest BCUT2D eigenvalue weighted by Crippen LogP contribution is 2.37. The van der Waals surface area contributed by atoms with Crippen LogP contribution in [-0.2, 0) is 25.5 Å². The van der Waals surface area contributed by atoms with E-state index in [0.29, 0.717) is 27.6 Å². The first-order valence-electron chi connectivity index (χ1n) is 14.9. The summed E-state index contributed by atoms with van der Waals surface area (Å²) in [5.74, 6) is -1.60. The van der Waals surface area contributed by atoms with E-state index in [9.17, 15) is 19.2 Å². The summed E-state index contributed by atoms with van der Waals surface area (Å²) >= 11 is 2.57. The molecule has 10 nitrogen and oxygen atoms in total. The highest BCUT2D eigenvalue weighted by Gasteiger charge is 2.24. The molecule has 0 saturated carbocycles. The van der Waals surface area contributed by atoms with Crippen molar-refractivity contribution in [1.29, 1.82) is 0 Å². The Kier molecular flexibility index (Phi) is 11.8. The largest absolute Gasteiger partial charge is 0.466 e. The molecule has 3 aromatic carbocycles. The topological polar surface area (TPSA) is 139 Å². The molecule has 12 heteroatoms. The number of aromatic nitrogens is 2. The number of ether oxygens (including phenoxy) is 1. The maximum Gasteiger partial charge on any atom is 0.311 e. The standard InChI is InChI=1S/C36H31N5O5S2/c1-2-46-31(42)21-28-23-47-36(39-28)41-35(45)32(25-11-5-3-6-12-25)48-29-17-15-27(16-18-29)38-34(44)30(20-24-10-9-19-37-22-24)40-33(43)26-13-7-4-8-14-26/h3-20,22-23,32H,2,21H2,1H3,(H,38,44)(H,40,43)(H,39,41,45)/b30-20-. The summed E-state index contributed by atoms with van der Waals surface area (Å²) < 4.78 is 4.99. The molecule has 0 radical (unpaired) electrons. The molecule has 0 aliphatic heterocycles. The Morgan fingerprint density at radius 3 is 2.31 bits per heavy atom. The number of nitrogens with zero attached hydrogens (tertiary/aromatic N) is 2. The van der Waals surface area contributed by atoms with Crippen molar-refractivity contribution < 1.29 is 23.9 Å². The number of benzene rings is 3. The average molecular weight is 678 g/mol. The van der Waals surface area contributed by atoms with Crippen molar-refractivity contribution in [2.24, 2.45) is 0 Å². The Hall–Kier alpha value is -5.59.